The molecule has 6 heteroatoms. The lowest BCUT2D eigenvalue weighted by molar-refractivity contribution is 0.0701. The van der Waals surface area contributed by atoms with E-state index in [1.54, 1.807) is 0 Å². The number of carbonyl (C=O) groups is 1. The molecule has 0 spiro atoms. The van der Waals surface area contributed by atoms with Crippen LogP contribution in [-0.2, 0) is 6.42 Å². The Balaban J connectivity index is 1.77. The minimum atomic E-state index is -0.900. The Morgan fingerprint density at radius 3 is 2.96 bits per heavy atom. The molecule has 120 valence electrons. The number of aryl methyl sites for hydroxylation is 1. The molecule has 2 N–H and O–H groups in total. The van der Waals surface area contributed by atoms with Gasteiger partial charge in [0.25, 0.3) is 0 Å². The fraction of sp³-hybridized carbons (Fsp3) is 0.111. The summed E-state index contributed by atoms with van der Waals surface area (Å²) in [6, 6.07) is 7.81. The van der Waals surface area contributed by atoms with Gasteiger partial charge in [0.15, 0.2) is 0 Å². The number of fused-ring (bicyclic) bond motifs is 2. The number of nitrogens with one attached hydrogen (secondary N) is 1. The maximum Gasteiger partial charge on any atom is 0.346 e. The van der Waals surface area contributed by atoms with Gasteiger partial charge in [-0.15, -0.1) is 11.3 Å². The molecular formula is C18H13ClN2O2S. The number of hydrogen-bond acceptors (Lipinski definition) is 3. The van der Waals surface area contributed by atoms with E-state index in [-0.39, 0.29) is 0 Å². The number of carboxylic acid groups (broad SMARTS) is 1. The zero-order valence-electron chi connectivity index (χ0n) is 12.8. The zero-order chi connectivity index (χ0) is 16.8. The number of halogens is 1. The van der Waals surface area contributed by atoms with Crippen LogP contribution < -0.4 is 0 Å². The van der Waals surface area contributed by atoms with Crippen molar-refractivity contribution >= 4 is 50.0 Å². The van der Waals surface area contributed by atoms with E-state index in [4.69, 9.17) is 11.6 Å². The summed E-state index contributed by atoms with van der Waals surface area (Å²) in [6.07, 6.45) is 4.50. The number of benzene rings is 1. The van der Waals surface area contributed by atoms with Crippen molar-refractivity contribution in [1.29, 1.82) is 0 Å². The standard InChI is InChI=1S/C18H13ClN2O2S/c1-9-13-5-10(7-21-17(13)24-16(9)18(22)23)4-11-8-20-15-3-2-12(19)6-14(11)15/h2-3,5-8,20H,4H2,1H3,(H,22,23). The van der Waals surface area contributed by atoms with Crippen molar-refractivity contribution in [1.82, 2.24) is 9.97 Å². The van der Waals surface area contributed by atoms with Gasteiger partial charge < -0.3 is 10.1 Å². The molecule has 1 aromatic carbocycles. The molecule has 0 fully saturated rings. The monoisotopic (exact) mass is 356 g/mol. The van der Waals surface area contributed by atoms with Gasteiger partial charge in [0.05, 0.1) is 0 Å². The smallest absolute Gasteiger partial charge is 0.346 e. The lowest BCUT2D eigenvalue weighted by Crippen LogP contribution is -1.93. The molecule has 0 aliphatic rings. The molecule has 3 heterocycles. The first-order valence-electron chi connectivity index (χ1n) is 7.40. The number of aromatic amines is 1. The second kappa shape index (κ2) is 5.61. The quantitative estimate of drug-likeness (QED) is 0.541. The fourth-order valence-electron chi connectivity index (χ4n) is 2.96. The number of carboxylic acids is 1. The van der Waals surface area contributed by atoms with Crippen LogP contribution in [0.15, 0.2) is 36.7 Å². The number of thiophene rings is 1. The Kier molecular flexibility index (Phi) is 3.55. The molecule has 0 aliphatic heterocycles. The number of H-pyrrole nitrogens is 1. The third-order valence-electron chi connectivity index (χ3n) is 4.17. The topological polar surface area (TPSA) is 66.0 Å². The molecule has 4 rings (SSSR count). The molecule has 4 aromatic rings. The van der Waals surface area contributed by atoms with Crippen molar-refractivity contribution in [2.75, 3.05) is 0 Å². The van der Waals surface area contributed by atoms with Crippen LogP contribution in [0.5, 0.6) is 0 Å². The number of pyridine rings is 1. The van der Waals surface area contributed by atoms with E-state index in [0.717, 1.165) is 37.8 Å². The van der Waals surface area contributed by atoms with Crippen LogP contribution >= 0.6 is 22.9 Å². The zero-order valence-corrected chi connectivity index (χ0v) is 14.3. The number of aromatic carboxylic acids is 1. The highest BCUT2D eigenvalue weighted by Crippen LogP contribution is 2.31. The molecule has 0 unspecified atom stereocenters. The number of aromatic nitrogens is 2. The van der Waals surface area contributed by atoms with Crippen LogP contribution in [0.3, 0.4) is 0 Å². The lowest BCUT2D eigenvalue weighted by atomic mass is 10.0. The summed E-state index contributed by atoms with van der Waals surface area (Å²) in [5, 5.41) is 12.0. The van der Waals surface area contributed by atoms with Crippen molar-refractivity contribution in [3.05, 3.63) is 63.2 Å². The summed E-state index contributed by atoms with van der Waals surface area (Å²) < 4.78 is 0. The predicted octanol–water partition coefficient (Wildman–Crippen LogP) is 5.03. The number of nitrogens with zero attached hydrogens (tertiary/aromatic N) is 1. The van der Waals surface area contributed by atoms with Crippen molar-refractivity contribution in [2.24, 2.45) is 0 Å². The van der Waals surface area contributed by atoms with Crippen LogP contribution in [0.1, 0.15) is 26.4 Å². The molecule has 4 nitrogen and oxygen atoms in total. The van der Waals surface area contributed by atoms with Gasteiger partial charge in [0.2, 0.25) is 0 Å². The first-order chi connectivity index (χ1) is 11.5. The van der Waals surface area contributed by atoms with Gasteiger partial charge in [0, 0.05) is 40.1 Å². The van der Waals surface area contributed by atoms with Gasteiger partial charge in [0.1, 0.15) is 9.71 Å². The fourth-order valence-corrected chi connectivity index (χ4v) is 4.10. The Morgan fingerprint density at radius 2 is 2.17 bits per heavy atom. The van der Waals surface area contributed by atoms with Crippen LogP contribution in [0.4, 0.5) is 0 Å². The van der Waals surface area contributed by atoms with E-state index < -0.39 is 5.97 Å². The summed E-state index contributed by atoms with van der Waals surface area (Å²) in [7, 11) is 0. The molecule has 24 heavy (non-hydrogen) atoms. The van der Waals surface area contributed by atoms with Gasteiger partial charge in [-0.05, 0) is 47.9 Å². The average molecular weight is 357 g/mol. The Bertz CT molecular complexity index is 1100. The second-order valence-electron chi connectivity index (χ2n) is 5.74. The normalized spacial score (nSPS) is 11.4. The molecule has 3 aromatic heterocycles. The molecule has 0 saturated carbocycles. The average Bonchev–Trinajstić information content (AvgIpc) is 3.09. The van der Waals surface area contributed by atoms with Gasteiger partial charge in [-0.25, -0.2) is 9.78 Å². The van der Waals surface area contributed by atoms with Crippen molar-refractivity contribution in [2.45, 2.75) is 13.3 Å². The van der Waals surface area contributed by atoms with Crippen molar-refractivity contribution < 1.29 is 9.90 Å². The maximum absolute atomic E-state index is 11.3. The molecule has 0 bridgehead atoms. The predicted molar refractivity (Wildman–Crippen MR) is 97.4 cm³/mol. The summed E-state index contributed by atoms with van der Waals surface area (Å²) in [5.41, 5.74) is 4.00. The second-order valence-corrected chi connectivity index (χ2v) is 7.17. The SMILES string of the molecule is Cc1c(C(=O)O)sc2ncc(Cc3c[nH]c4ccc(Cl)cc34)cc12. The number of rotatable bonds is 3. The highest BCUT2D eigenvalue weighted by atomic mass is 35.5. The molecule has 0 atom stereocenters. The molecule has 0 radical (unpaired) electrons. The maximum atomic E-state index is 11.3. The third-order valence-corrected chi connectivity index (χ3v) is 5.61. The van der Waals surface area contributed by atoms with Gasteiger partial charge in [-0.3, -0.25) is 0 Å². The number of hydrogen-bond donors (Lipinski definition) is 2. The van der Waals surface area contributed by atoms with E-state index >= 15 is 0 Å². The van der Waals surface area contributed by atoms with Crippen molar-refractivity contribution in [3.8, 4) is 0 Å². The van der Waals surface area contributed by atoms with E-state index in [2.05, 4.69) is 9.97 Å². The highest BCUT2D eigenvalue weighted by Gasteiger charge is 2.16. The largest absolute Gasteiger partial charge is 0.477 e. The molecule has 0 amide bonds. The van der Waals surface area contributed by atoms with Crippen molar-refractivity contribution in [3.63, 3.8) is 0 Å². The first-order valence-corrected chi connectivity index (χ1v) is 8.59. The molecular weight excluding hydrogens is 344 g/mol. The third kappa shape index (κ3) is 2.46. The Labute approximate surface area is 146 Å². The van der Waals surface area contributed by atoms with Gasteiger partial charge in [-0.1, -0.05) is 11.6 Å². The molecule has 0 saturated heterocycles. The molecule has 0 aliphatic carbocycles. The van der Waals surface area contributed by atoms with E-state index in [1.165, 1.54) is 11.3 Å². The van der Waals surface area contributed by atoms with Gasteiger partial charge in [-0.2, -0.15) is 0 Å². The summed E-state index contributed by atoms with van der Waals surface area (Å²) in [6.45, 7) is 1.83. The van der Waals surface area contributed by atoms with Crippen LogP contribution in [0.2, 0.25) is 5.02 Å². The summed E-state index contributed by atoms with van der Waals surface area (Å²) >= 11 is 7.32. The van der Waals surface area contributed by atoms with E-state index in [0.29, 0.717) is 16.3 Å². The Hall–Kier alpha value is -2.37. The Morgan fingerprint density at radius 1 is 1.33 bits per heavy atom. The van der Waals surface area contributed by atoms with E-state index in [9.17, 15) is 9.90 Å². The minimum absolute atomic E-state index is 0.355. The summed E-state index contributed by atoms with van der Waals surface area (Å²) in [5.74, 6) is -0.900. The summed E-state index contributed by atoms with van der Waals surface area (Å²) in [4.78, 5) is 20.1. The minimum Gasteiger partial charge on any atom is -0.477 e. The van der Waals surface area contributed by atoms with E-state index in [1.807, 2.05) is 43.6 Å². The first kappa shape index (κ1) is 15.2. The highest BCUT2D eigenvalue weighted by molar-refractivity contribution is 7.20. The van der Waals surface area contributed by atoms with Gasteiger partial charge >= 0.3 is 5.97 Å². The van der Waals surface area contributed by atoms with Crippen LogP contribution in [-0.4, -0.2) is 21.0 Å². The van der Waals surface area contributed by atoms with Crippen LogP contribution in [0.25, 0.3) is 21.1 Å². The lowest BCUT2D eigenvalue weighted by Gasteiger charge is -2.02. The van der Waals surface area contributed by atoms with Crippen LogP contribution in [0, 0.1) is 6.92 Å².